The van der Waals surface area contributed by atoms with Crippen LogP contribution in [-0.4, -0.2) is 0 Å². The maximum absolute atomic E-state index is 2.38. The van der Waals surface area contributed by atoms with Crippen LogP contribution < -0.4 is 9.80 Å². The van der Waals surface area contributed by atoms with Gasteiger partial charge in [0.15, 0.2) is 0 Å². The van der Waals surface area contributed by atoms with Crippen molar-refractivity contribution in [2.75, 3.05) is 9.80 Å². The van der Waals surface area contributed by atoms with Crippen LogP contribution in [0.4, 0.5) is 34.1 Å². The van der Waals surface area contributed by atoms with Gasteiger partial charge in [0, 0.05) is 34.1 Å². The summed E-state index contributed by atoms with van der Waals surface area (Å²) in [5.41, 5.74) is 14.1. The van der Waals surface area contributed by atoms with E-state index in [0.717, 1.165) is 34.1 Å². The molecule has 0 atom stereocenters. The van der Waals surface area contributed by atoms with Gasteiger partial charge >= 0.3 is 0 Å². The third-order valence-electron chi connectivity index (χ3n) is 7.34. The third kappa shape index (κ3) is 5.21. The van der Waals surface area contributed by atoms with E-state index in [1.807, 2.05) is 0 Å². The van der Waals surface area contributed by atoms with Crippen molar-refractivity contribution >= 4 is 34.1 Å². The normalized spacial score (nSPS) is 11.0. The van der Waals surface area contributed by atoms with Gasteiger partial charge in [0.25, 0.3) is 0 Å². The highest BCUT2D eigenvalue weighted by Gasteiger charge is 2.19. The monoisotopic (exact) mass is 518 g/mol. The summed E-state index contributed by atoms with van der Waals surface area (Å²) in [6, 6.07) is 48.5. The van der Waals surface area contributed by atoms with Crippen molar-refractivity contribution in [3.8, 4) is 11.1 Å². The second kappa shape index (κ2) is 10.7. The van der Waals surface area contributed by atoms with E-state index in [1.54, 1.807) is 0 Å². The molecule has 0 N–H and O–H groups in total. The molecule has 0 aliphatic heterocycles. The van der Waals surface area contributed by atoms with Gasteiger partial charge in [-0.2, -0.15) is 0 Å². The summed E-state index contributed by atoms with van der Waals surface area (Å²) < 4.78 is 0. The molecular weight excluding hydrogens is 484 g/mol. The molecule has 6 rings (SSSR count). The van der Waals surface area contributed by atoms with Crippen LogP contribution in [0.2, 0.25) is 0 Å². The average molecular weight is 519 g/mol. The van der Waals surface area contributed by atoms with Crippen molar-refractivity contribution in [1.82, 2.24) is 0 Å². The Balaban J connectivity index is 1.64. The molecule has 2 aliphatic rings. The van der Waals surface area contributed by atoms with Gasteiger partial charge in [-0.3, -0.25) is 0 Å². The molecule has 0 amide bonds. The zero-order valence-electron chi connectivity index (χ0n) is 23.6. The lowest BCUT2D eigenvalue weighted by Gasteiger charge is -2.28. The van der Waals surface area contributed by atoms with Crippen LogP contribution in [0.1, 0.15) is 22.3 Å². The van der Waals surface area contributed by atoms with E-state index >= 15 is 0 Å². The SMILES string of the molecule is Cc1cccc(N(c2cccc(C)c2)c2cc3cccc-3cc(N(c3cccc(C)c3)c3cccc(C)c3)c2)c1. The molecular formula is C38H34N2. The molecule has 40 heavy (non-hydrogen) atoms. The lowest BCUT2D eigenvalue weighted by atomic mass is 10.1. The van der Waals surface area contributed by atoms with Crippen LogP contribution in [-0.2, 0) is 0 Å². The molecule has 196 valence electrons. The van der Waals surface area contributed by atoms with Crippen LogP contribution >= 0.6 is 0 Å². The Labute approximate surface area is 238 Å². The topological polar surface area (TPSA) is 6.48 Å². The maximum Gasteiger partial charge on any atom is 0.0488 e. The minimum absolute atomic E-state index is 1.11. The zero-order valence-corrected chi connectivity index (χ0v) is 23.6. The molecule has 2 heteroatoms. The number of fused-ring (bicyclic) bond motifs is 1. The number of hydrogen-bond acceptors (Lipinski definition) is 2. The molecule has 0 saturated carbocycles. The van der Waals surface area contributed by atoms with Crippen molar-refractivity contribution in [3.05, 3.63) is 156 Å². The van der Waals surface area contributed by atoms with Crippen LogP contribution in [0, 0.1) is 27.7 Å². The molecule has 0 heterocycles. The van der Waals surface area contributed by atoms with Crippen molar-refractivity contribution in [2.45, 2.75) is 27.7 Å². The van der Waals surface area contributed by atoms with E-state index in [1.165, 1.54) is 33.4 Å². The highest BCUT2D eigenvalue weighted by atomic mass is 15.2. The summed E-state index contributed by atoms with van der Waals surface area (Å²) in [5, 5.41) is 0. The summed E-state index contributed by atoms with van der Waals surface area (Å²) in [5.74, 6) is 0. The quantitative estimate of drug-likeness (QED) is 0.216. The molecule has 0 saturated heterocycles. The lowest BCUT2D eigenvalue weighted by molar-refractivity contribution is 1.24. The summed E-state index contributed by atoms with van der Waals surface area (Å²) in [4.78, 5) is 4.75. The van der Waals surface area contributed by atoms with Crippen LogP contribution in [0.5, 0.6) is 0 Å². The largest absolute Gasteiger partial charge is 0.310 e. The number of hydrogen-bond donors (Lipinski definition) is 0. The molecule has 0 fully saturated rings. The van der Waals surface area contributed by atoms with Gasteiger partial charge in [-0.15, -0.1) is 0 Å². The summed E-state index contributed by atoms with van der Waals surface area (Å²) in [7, 11) is 0. The van der Waals surface area contributed by atoms with E-state index in [9.17, 15) is 0 Å². The van der Waals surface area contributed by atoms with Gasteiger partial charge in [-0.1, -0.05) is 66.7 Å². The number of anilines is 6. The van der Waals surface area contributed by atoms with Gasteiger partial charge in [-0.25, -0.2) is 0 Å². The Bertz CT molecular complexity index is 1550. The molecule has 0 radical (unpaired) electrons. The first-order valence-corrected chi connectivity index (χ1v) is 13.9. The molecule has 0 aromatic heterocycles. The van der Waals surface area contributed by atoms with Crippen molar-refractivity contribution in [3.63, 3.8) is 0 Å². The Morgan fingerprint density at radius 3 is 0.900 bits per heavy atom. The Hall–Kier alpha value is -4.82. The van der Waals surface area contributed by atoms with Gasteiger partial charge < -0.3 is 9.80 Å². The first kappa shape index (κ1) is 25.5. The van der Waals surface area contributed by atoms with Crippen molar-refractivity contribution < 1.29 is 0 Å². The van der Waals surface area contributed by atoms with E-state index in [-0.39, 0.29) is 0 Å². The first-order valence-electron chi connectivity index (χ1n) is 13.9. The van der Waals surface area contributed by atoms with Crippen LogP contribution in [0.15, 0.2) is 133 Å². The predicted molar refractivity (Wildman–Crippen MR) is 171 cm³/mol. The van der Waals surface area contributed by atoms with E-state index in [0.29, 0.717) is 0 Å². The van der Waals surface area contributed by atoms with Gasteiger partial charge in [0.05, 0.1) is 0 Å². The zero-order chi connectivity index (χ0) is 27.6. The molecule has 0 bridgehead atoms. The highest BCUT2D eigenvalue weighted by Crippen LogP contribution is 2.43. The van der Waals surface area contributed by atoms with Crippen molar-refractivity contribution in [1.29, 1.82) is 0 Å². The standard InChI is InChI=1S/C38H34N2/c1-27-10-5-16-33(20-27)39(34-17-6-11-28(2)21-34)37-24-31-14-9-15-32(31)25-38(26-37)40(35-18-7-12-29(3)22-35)36-19-8-13-30(4)23-36/h5-26H,1-4H3. The number of nitrogens with zero attached hydrogens (tertiary/aromatic N) is 2. The smallest absolute Gasteiger partial charge is 0.0488 e. The van der Waals surface area contributed by atoms with Crippen molar-refractivity contribution in [2.24, 2.45) is 0 Å². The number of benzene rings is 4. The number of aryl methyl sites for hydroxylation is 4. The minimum Gasteiger partial charge on any atom is -0.310 e. The van der Waals surface area contributed by atoms with Crippen LogP contribution in [0.3, 0.4) is 0 Å². The molecule has 4 aromatic rings. The minimum atomic E-state index is 1.11. The second-order valence-corrected chi connectivity index (χ2v) is 10.7. The lowest BCUT2D eigenvalue weighted by Crippen LogP contribution is -2.12. The molecule has 0 unspecified atom stereocenters. The average Bonchev–Trinajstić information content (AvgIpc) is 3.28. The van der Waals surface area contributed by atoms with E-state index in [2.05, 4.69) is 171 Å². The molecule has 2 nitrogen and oxygen atoms in total. The summed E-state index contributed by atoms with van der Waals surface area (Å²) >= 11 is 0. The van der Waals surface area contributed by atoms with Crippen LogP contribution in [0.25, 0.3) is 11.1 Å². The fraction of sp³-hybridized carbons (Fsp3) is 0.105. The predicted octanol–water partition coefficient (Wildman–Crippen LogP) is 11.0. The second-order valence-electron chi connectivity index (χ2n) is 10.7. The van der Waals surface area contributed by atoms with E-state index < -0.39 is 0 Å². The van der Waals surface area contributed by atoms with E-state index in [4.69, 9.17) is 0 Å². The third-order valence-corrected chi connectivity index (χ3v) is 7.34. The Morgan fingerprint density at radius 2 is 0.600 bits per heavy atom. The first-order chi connectivity index (χ1) is 19.4. The summed E-state index contributed by atoms with van der Waals surface area (Å²) in [6.07, 6.45) is 0. The van der Waals surface area contributed by atoms with Gasteiger partial charge in [-0.05, 0) is 128 Å². The van der Waals surface area contributed by atoms with Gasteiger partial charge in [0.2, 0.25) is 0 Å². The highest BCUT2D eigenvalue weighted by molar-refractivity contribution is 5.87. The maximum atomic E-state index is 2.38. The Morgan fingerprint density at radius 1 is 0.300 bits per heavy atom. The molecule has 4 aromatic carbocycles. The van der Waals surface area contributed by atoms with Gasteiger partial charge in [0.1, 0.15) is 0 Å². The fourth-order valence-corrected chi connectivity index (χ4v) is 5.49. The Kier molecular flexibility index (Phi) is 6.84. The molecule has 2 aliphatic carbocycles. The fourth-order valence-electron chi connectivity index (χ4n) is 5.49. The number of rotatable bonds is 6. The molecule has 0 spiro atoms. The summed E-state index contributed by atoms with van der Waals surface area (Å²) in [6.45, 7) is 8.61.